The van der Waals surface area contributed by atoms with Crippen molar-refractivity contribution in [1.82, 2.24) is 9.97 Å². The van der Waals surface area contributed by atoms with E-state index in [-0.39, 0.29) is 10.3 Å². The number of hydrogen-bond acceptors (Lipinski definition) is 4. The Bertz CT molecular complexity index is 631. The molecular formula is C10H7N3OS2. The lowest BCUT2D eigenvalue weighted by atomic mass is 10.1. The van der Waals surface area contributed by atoms with Crippen molar-refractivity contribution in [3.8, 4) is 6.07 Å². The van der Waals surface area contributed by atoms with Crippen molar-refractivity contribution in [3.63, 3.8) is 0 Å². The SMILES string of the molecule is N#Cc1c(C2=CC=CSC2)[nH]c(=S)[nH]c1=O. The molecule has 16 heavy (non-hydrogen) atoms. The van der Waals surface area contributed by atoms with Crippen molar-refractivity contribution in [1.29, 1.82) is 5.26 Å². The molecule has 2 heterocycles. The lowest BCUT2D eigenvalue weighted by molar-refractivity contribution is 1.05. The average molecular weight is 249 g/mol. The first-order valence-corrected chi connectivity index (χ1v) is 5.92. The molecule has 1 aliphatic heterocycles. The van der Waals surface area contributed by atoms with Gasteiger partial charge in [-0.15, -0.1) is 11.8 Å². The molecule has 0 atom stereocenters. The van der Waals surface area contributed by atoms with Crippen LogP contribution in [0, 0.1) is 16.1 Å². The van der Waals surface area contributed by atoms with Gasteiger partial charge in [-0.2, -0.15) is 5.26 Å². The van der Waals surface area contributed by atoms with Crippen LogP contribution in [-0.2, 0) is 0 Å². The zero-order valence-corrected chi connectivity index (χ0v) is 9.74. The molecule has 0 saturated heterocycles. The highest BCUT2D eigenvalue weighted by atomic mass is 32.2. The van der Waals surface area contributed by atoms with Crippen LogP contribution in [0.4, 0.5) is 0 Å². The minimum atomic E-state index is -0.443. The van der Waals surface area contributed by atoms with Crippen LogP contribution < -0.4 is 5.56 Å². The van der Waals surface area contributed by atoms with E-state index in [1.165, 1.54) is 0 Å². The third kappa shape index (κ3) is 2.01. The lowest BCUT2D eigenvalue weighted by Crippen LogP contribution is -2.15. The van der Waals surface area contributed by atoms with Gasteiger partial charge in [0.05, 0.1) is 5.69 Å². The quantitative estimate of drug-likeness (QED) is 0.746. The first-order valence-electron chi connectivity index (χ1n) is 4.47. The number of aromatic amines is 2. The van der Waals surface area contributed by atoms with E-state index >= 15 is 0 Å². The second-order valence-corrected chi connectivity index (χ2v) is 4.40. The first kappa shape index (κ1) is 10.9. The topological polar surface area (TPSA) is 72.4 Å². The minimum Gasteiger partial charge on any atom is -0.331 e. The van der Waals surface area contributed by atoms with Crippen molar-refractivity contribution in [2.75, 3.05) is 5.75 Å². The Balaban J connectivity index is 2.69. The van der Waals surface area contributed by atoms with Gasteiger partial charge in [0, 0.05) is 5.75 Å². The molecule has 4 nitrogen and oxygen atoms in total. The molecule has 80 valence electrons. The molecule has 6 heteroatoms. The number of nitrogens with zero attached hydrogens (tertiary/aromatic N) is 1. The van der Waals surface area contributed by atoms with Crippen LogP contribution in [-0.4, -0.2) is 15.7 Å². The van der Waals surface area contributed by atoms with Crippen molar-refractivity contribution >= 4 is 29.6 Å². The molecular weight excluding hydrogens is 242 g/mol. The van der Waals surface area contributed by atoms with Gasteiger partial charge in [0.15, 0.2) is 4.77 Å². The Kier molecular flexibility index (Phi) is 3.08. The molecule has 0 bridgehead atoms. The standard InChI is InChI=1S/C10H7N3OS2/c11-4-7-8(6-2-1-3-16-5-6)12-10(15)13-9(7)14/h1-3H,5H2,(H2,12,13,14,15). The largest absolute Gasteiger partial charge is 0.331 e. The summed E-state index contributed by atoms with van der Waals surface area (Å²) in [5, 5.41) is 10.9. The first-order chi connectivity index (χ1) is 7.72. The molecule has 2 rings (SSSR count). The summed E-state index contributed by atoms with van der Waals surface area (Å²) in [4.78, 5) is 16.8. The van der Waals surface area contributed by atoms with E-state index in [4.69, 9.17) is 17.5 Å². The molecule has 0 aliphatic carbocycles. The van der Waals surface area contributed by atoms with Crippen LogP contribution in [0.5, 0.6) is 0 Å². The van der Waals surface area contributed by atoms with E-state index in [1.54, 1.807) is 11.8 Å². The Hall–Kier alpha value is -1.58. The highest BCUT2D eigenvalue weighted by Crippen LogP contribution is 2.23. The zero-order chi connectivity index (χ0) is 11.5. The third-order valence-electron chi connectivity index (χ3n) is 2.09. The second kappa shape index (κ2) is 4.51. The maximum absolute atomic E-state index is 11.5. The summed E-state index contributed by atoms with van der Waals surface area (Å²) in [5.74, 6) is 0.722. The maximum Gasteiger partial charge on any atom is 0.270 e. The van der Waals surface area contributed by atoms with Crippen LogP contribution in [0.2, 0.25) is 0 Å². The van der Waals surface area contributed by atoms with Crippen LogP contribution in [0.1, 0.15) is 11.3 Å². The fourth-order valence-electron chi connectivity index (χ4n) is 1.39. The molecule has 1 aromatic heterocycles. The summed E-state index contributed by atoms with van der Waals surface area (Å²) >= 11 is 6.50. The predicted molar refractivity (Wildman–Crippen MR) is 66.5 cm³/mol. The van der Waals surface area contributed by atoms with Gasteiger partial charge in [0.1, 0.15) is 11.6 Å². The Morgan fingerprint density at radius 3 is 2.94 bits per heavy atom. The van der Waals surface area contributed by atoms with Crippen molar-refractivity contribution in [2.45, 2.75) is 0 Å². The fraction of sp³-hybridized carbons (Fsp3) is 0.100. The van der Waals surface area contributed by atoms with E-state index in [0.29, 0.717) is 5.69 Å². The van der Waals surface area contributed by atoms with Gasteiger partial charge < -0.3 is 4.98 Å². The highest BCUT2D eigenvalue weighted by Gasteiger charge is 2.12. The lowest BCUT2D eigenvalue weighted by Gasteiger charge is -2.09. The van der Waals surface area contributed by atoms with Crippen molar-refractivity contribution in [2.24, 2.45) is 0 Å². The van der Waals surface area contributed by atoms with Gasteiger partial charge in [-0.05, 0) is 23.2 Å². The number of nitriles is 1. The van der Waals surface area contributed by atoms with Gasteiger partial charge >= 0.3 is 0 Å². The molecule has 0 radical (unpaired) electrons. The predicted octanol–water partition coefficient (Wildman–Crippen LogP) is 1.95. The van der Waals surface area contributed by atoms with Crippen LogP contribution in [0.25, 0.3) is 5.57 Å². The van der Waals surface area contributed by atoms with Crippen LogP contribution in [0.15, 0.2) is 22.4 Å². The summed E-state index contributed by atoms with van der Waals surface area (Å²) in [6, 6.07) is 1.89. The molecule has 1 aliphatic rings. The van der Waals surface area contributed by atoms with E-state index < -0.39 is 5.56 Å². The van der Waals surface area contributed by atoms with Crippen molar-refractivity contribution in [3.05, 3.63) is 43.9 Å². The normalized spacial score (nSPS) is 14.3. The molecule has 2 N–H and O–H groups in total. The zero-order valence-electron chi connectivity index (χ0n) is 8.11. The van der Waals surface area contributed by atoms with Crippen molar-refractivity contribution < 1.29 is 0 Å². The van der Waals surface area contributed by atoms with Gasteiger partial charge in [-0.1, -0.05) is 12.2 Å². The molecule has 0 spiro atoms. The smallest absolute Gasteiger partial charge is 0.270 e. The summed E-state index contributed by atoms with van der Waals surface area (Å²) < 4.78 is 0.236. The monoisotopic (exact) mass is 249 g/mol. The summed E-state index contributed by atoms with van der Waals surface area (Å²) in [7, 11) is 0. The summed E-state index contributed by atoms with van der Waals surface area (Å²) in [6.07, 6.45) is 3.75. The van der Waals surface area contributed by atoms with E-state index in [2.05, 4.69) is 9.97 Å². The van der Waals surface area contributed by atoms with Crippen LogP contribution in [0.3, 0.4) is 0 Å². The number of nitrogens with one attached hydrogen (secondary N) is 2. The van der Waals surface area contributed by atoms with Gasteiger partial charge in [-0.25, -0.2) is 0 Å². The average Bonchev–Trinajstić information content (AvgIpc) is 2.29. The number of H-pyrrole nitrogens is 2. The number of thioether (sulfide) groups is 1. The van der Waals surface area contributed by atoms with Gasteiger partial charge in [0.25, 0.3) is 5.56 Å². The van der Waals surface area contributed by atoms with Gasteiger partial charge in [-0.3, -0.25) is 9.78 Å². The molecule has 0 aromatic carbocycles. The van der Waals surface area contributed by atoms with E-state index in [1.807, 2.05) is 23.6 Å². The third-order valence-corrected chi connectivity index (χ3v) is 3.12. The van der Waals surface area contributed by atoms with Gasteiger partial charge in [0.2, 0.25) is 0 Å². The number of allylic oxidation sites excluding steroid dienone is 2. The molecule has 0 saturated carbocycles. The highest BCUT2D eigenvalue weighted by molar-refractivity contribution is 8.02. The second-order valence-electron chi connectivity index (χ2n) is 3.10. The number of aromatic nitrogens is 2. The molecule has 0 amide bonds. The Morgan fingerprint density at radius 2 is 2.31 bits per heavy atom. The summed E-state index contributed by atoms with van der Waals surface area (Å²) in [5.41, 5.74) is 1.06. The Morgan fingerprint density at radius 1 is 1.50 bits per heavy atom. The maximum atomic E-state index is 11.5. The molecule has 0 fully saturated rings. The summed E-state index contributed by atoms with van der Waals surface area (Å²) in [6.45, 7) is 0. The van der Waals surface area contributed by atoms with Crippen LogP contribution >= 0.6 is 24.0 Å². The Labute approximate surface area is 101 Å². The van der Waals surface area contributed by atoms with E-state index in [0.717, 1.165) is 11.3 Å². The fourth-order valence-corrected chi connectivity index (χ4v) is 2.29. The number of rotatable bonds is 1. The molecule has 1 aromatic rings. The minimum absolute atomic E-state index is 0.0794. The van der Waals surface area contributed by atoms with E-state index in [9.17, 15) is 4.79 Å². The molecule has 0 unspecified atom stereocenters. The number of hydrogen-bond donors (Lipinski definition) is 2.